The molecule has 1 heterocycles. The Balaban J connectivity index is 2.16. The van der Waals surface area contributed by atoms with E-state index in [9.17, 15) is 0 Å². The summed E-state index contributed by atoms with van der Waals surface area (Å²) in [6.07, 6.45) is 9.05. The van der Waals surface area contributed by atoms with Gasteiger partial charge in [-0.2, -0.15) is 0 Å². The minimum Gasteiger partial charge on any atom is -0.381 e. The van der Waals surface area contributed by atoms with E-state index in [0.717, 1.165) is 26.1 Å². The molecule has 2 nitrogen and oxygen atoms in total. The van der Waals surface area contributed by atoms with E-state index in [1.807, 2.05) is 0 Å². The summed E-state index contributed by atoms with van der Waals surface area (Å²) < 4.78 is 11.5. The highest BCUT2D eigenvalue weighted by molar-refractivity contribution is 4.73. The van der Waals surface area contributed by atoms with Crippen LogP contribution in [0.2, 0.25) is 0 Å². The van der Waals surface area contributed by atoms with Crippen LogP contribution < -0.4 is 0 Å². The average molecular weight is 228 g/mol. The first kappa shape index (κ1) is 14.0. The number of ether oxygens (including phenoxy) is 2. The van der Waals surface area contributed by atoms with Gasteiger partial charge in [0.15, 0.2) is 0 Å². The third kappa shape index (κ3) is 5.86. The van der Waals surface area contributed by atoms with Crippen molar-refractivity contribution in [3.05, 3.63) is 0 Å². The van der Waals surface area contributed by atoms with Crippen molar-refractivity contribution in [3.63, 3.8) is 0 Å². The molecule has 0 spiro atoms. The Morgan fingerprint density at radius 3 is 2.44 bits per heavy atom. The van der Waals surface area contributed by atoms with E-state index >= 15 is 0 Å². The molecule has 0 aromatic heterocycles. The van der Waals surface area contributed by atoms with Gasteiger partial charge in [0.25, 0.3) is 0 Å². The third-order valence-electron chi connectivity index (χ3n) is 3.29. The molecule has 1 rings (SSSR count). The lowest BCUT2D eigenvalue weighted by Crippen LogP contribution is -2.34. The predicted octanol–water partition coefficient (Wildman–Crippen LogP) is 3.93. The van der Waals surface area contributed by atoms with Crippen LogP contribution in [0.15, 0.2) is 0 Å². The molecule has 2 heteroatoms. The fraction of sp³-hybridized carbons (Fsp3) is 1.00. The Kier molecular flexibility index (Phi) is 6.37. The summed E-state index contributed by atoms with van der Waals surface area (Å²) in [6.45, 7) is 8.46. The zero-order valence-electron chi connectivity index (χ0n) is 11.3. The van der Waals surface area contributed by atoms with E-state index in [4.69, 9.17) is 9.47 Å². The number of unbranched alkanes of at least 4 members (excludes halogenated alkanes) is 3. The topological polar surface area (TPSA) is 18.5 Å². The molecule has 0 aromatic rings. The quantitative estimate of drug-likeness (QED) is 0.615. The van der Waals surface area contributed by atoms with Crippen LogP contribution in [-0.2, 0) is 9.47 Å². The zero-order chi connectivity index (χ0) is 11.9. The van der Waals surface area contributed by atoms with Crippen LogP contribution in [0.5, 0.6) is 0 Å². The Hall–Kier alpha value is -0.0800. The van der Waals surface area contributed by atoms with Gasteiger partial charge in [-0.25, -0.2) is 0 Å². The normalized spacial score (nSPS) is 18.9. The second kappa shape index (κ2) is 7.29. The molecule has 0 bridgehead atoms. The molecule has 1 aliphatic heterocycles. The zero-order valence-corrected chi connectivity index (χ0v) is 11.3. The molecule has 0 atom stereocenters. The van der Waals surface area contributed by atoms with Crippen molar-refractivity contribution in [2.75, 3.05) is 13.2 Å². The third-order valence-corrected chi connectivity index (χ3v) is 3.29. The van der Waals surface area contributed by atoms with E-state index in [-0.39, 0.29) is 5.60 Å². The lowest BCUT2D eigenvalue weighted by Gasteiger charge is -2.33. The van der Waals surface area contributed by atoms with Gasteiger partial charge in [0.05, 0.1) is 11.7 Å². The van der Waals surface area contributed by atoms with Crippen molar-refractivity contribution in [3.8, 4) is 0 Å². The van der Waals surface area contributed by atoms with Crippen LogP contribution >= 0.6 is 0 Å². The summed E-state index contributed by atoms with van der Waals surface area (Å²) in [5.74, 6) is 0. The molecular formula is C14H28O2. The standard InChI is InChI=1S/C14H28O2/c1-4-5-6-7-10-14(2,3)16-13-8-11-15-12-9-13/h13H,4-12H2,1-3H3. The largest absolute Gasteiger partial charge is 0.381 e. The van der Waals surface area contributed by atoms with Gasteiger partial charge in [0.2, 0.25) is 0 Å². The van der Waals surface area contributed by atoms with Crippen molar-refractivity contribution < 1.29 is 9.47 Å². The molecule has 1 fully saturated rings. The molecule has 0 N–H and O–H groups in total. The molecule has 96 valence electrons. The van der Waals surface area contributed by atoms with Gasteiger partial charge in [-0.1, -0.05) is 32.6 Å². The predicted molar refractivity (Wildman–Crippen MR) is 67.8 cm³/mol. The van der Waals surface area contributed by atoms with Crippen molar-refractivity contribution in [1.82, 2.24) is 0 Å². The molecule has 0 amide bonds. The molecule has 1 saturated heterocycles. The molecule has 0 aliphatic carbocycles. The maximum Gasteiger partial charge on any atom is 0.0630 e. The summed E-state index contributed by atoms with van der Waals surface area (Å²) in [4.78, 5) is 0. The van der Waals surface area contributed by atoms with Gasteiger partial charge in [-0.15, -0.1) is 0 Å². The van der Waals surface area contributed by atoms with E-state index < -0.39 is 0 Å². The number of hydrogen-bond acceptors (Lipinski definition) is 2. The monoisotopic (exact) mass is 228 g/mol. The average Bonchev–Trinajstić information content (AvgIpc) is 2.25. The summed E-state index contributed by atoms with van der Waals surface area (Å²) in [5.41, 5.74) is 0.0513. The number of rotatable bonds is 7. The molecule has 0 unspecified atom stereocenters. The van der Waals surface area contributed by atoms with Gasteiger partial charge < -0.3 is 9.47 Å². The van der Waals surface area contributed by atoms with Gasteiger partial charge >= 0.3 is 0 Å². The second-order valence-electron chi connectivity index (χ2n) is 5.50. The minimum absolute atomic E-state index is 0.0513. The summed E-state index contributed by atoms with van der Waals surface area (Å²) >= 11 is 0. The SMILES string of the molecule is CCCCCCC(C)(C)OC1CCOCC1. The Bertz CT molecular complexity index is 172. The second-order valence-corrected chi connectivity index (χ2v) is 5.50. The van der Waals surface area contributed by atoms with Crippen LogP contribution in [0.4, 0.5) is 0 Å². The van der Waals surface area contributed by atoms with Crippen molar-refractivity contribution in [2.24, 2.45) is 0 Å². The van der Waals surface area contributed by atoms with Crippen LogP contribution in [0.1, 0.15) is 65.7 Å². The minimum atomic E-state index is 0.0513. The fourth-order valence-corrected chi connectivity index (χ4v) is 2.28. The molecule has 16 heavy (non-hydrogen) atoms. The van der Waals surface area contributed by atoms with Gasteiger partial charge in [0.1, 0.15) is 0 Å². The molecule has 0 radical (unpaired) electrons. The van der Waals surface area contributed by atoms with E-state index in [2.05, 4.69) is 20.8 Å². The number of hydrogen-bond donors (Lipinski definition) is 0. The van der Waals surface area contributed by atoms with E-state index in [1.165, 1.54) is 32.1 Å². The summed E-state index contributed by atoms with van der Waals surface area (Å²) in [7, 11) is 0. The van der Waals surface area contributed by atoms with Crippen molar-refractivity contribution in [1.29, 1.82) is 0 Å². The molecule has 0 aromatic carbocycles. The maximum absolute atomic E-state index is 6.18. The smallest absolute Gasteiger partial charge is 0.0630 e. The van der Waals surface area contributed by atoms with Crippen LogP contribution in [0.25, 0.3) is 0 Å². The molecule has 1 aliphatic rings. The molecule has 0 saturated carbocycles. The summed E-state index contributed by atoms with van der Waals surface area (Å²) in [6, 6.07) is 0. The molecular weight excluding hydrogens is 200 g/mol. The van der Waals surface area contributed by atoms with E-state index in [1.54, 1.807) is 0 Å². The van der Waals surface area contributed by atoms with E-state index in [0.29, 0.717) is 6.10 Å². The van der Waals surface area contributed by atoms with Crippen LogP contribution in [-0.4, -0.2) is 24.9 Å². The van der Waals surface area contributed by atoms with Crippen molar-refractivity contribution in [2.45, 2.75) is 77.4 Å². The first-order valence-corrected chi connectivity index (χ1v) is 6.89. The lowest BCUT2D eigenvalue weighted by atomic mass is 9.99. The Labute approximate surface area is 101 Å². The Morgan fingerprint density at radius 2 is 1.81 bits per heavy atom. The lowest BCUT2D eigenvalue weighted by molar-refractivity contribution is -0.113. The Morgan fingerprint density at radius 1 is 1.12 bits per heavy atom. The maximum atomic E-state index is 6.18. The first-order chi connectivity index (χ1) is 7.64. The van der Waals surface area contributed by atoms with Crippen LogP contribution in [0.3, 0.4) is 0 Å². The highest BCUT2D eigenvalue weighted by Crippen LogP contribution is 2.24. The van der Waals surface area contributed by atoms with Gasteiger partial charge in [-0.3, -0.25) is 0 Å². The summed E-state index contributed by atoms with van der Waals surface area (Å²) in [5, 5.41) is 0. The first-order valence-electron chi connectivity index (χ1n) is 6.89. The highest BCUT2D eigenvalue weighted by Gasteiger charge is 2.24. The highest BCUT2D eigenvalue weighted by atomic mass is 16.5. The fourth-order valence-electron chi connectivity index (χ4n) is 2.28. The van der Waals surface area contributed by atoms with Crippen LogP contribution in [0, 0.1) is 0 Å². The van der Waals surface area contributed by atoms with Gasteiger partial charge in [0, 0.05) is 13.2 Å². The van der Waals surface area contributed by atoms with Gasteiger partial charge in [-0.05, 0) is 33.1 Å². The van der Waals surface area contributed by atoms with Crippen molar-refractivity contribution >= 4 is 0 Å².